The second-order valence-corrected chi connectivity index (χ2v) is 5.69. The summed E-state index contributed by atoms with van der Waals surface area (Å²) in [5.41, 5.74) is 1.99. The Bertz CT molecular complexity index is 426. The molecule has 0 aliphatic carbocycles. The number of phenolic OH excluding ortho intramolecular Hbond substituents is 1. The Hall–Kier alpha value is -0.000000000000000111. The van der Waals surface area contributed by atoms with Crippen molar-refractivity contribution in [1.82, 2.24) is 10.2 Å². The quantitative estimate of drug-likeness (QED) is 0.833. The SMILES string of the molecule is CC[C@@H](c1c(Br)ccc(C)c1O)N1CCNCC1.Cl.Cl. The predicted molar refractivity (Wildman–Crippen MR) is 92.5 cm³/mol. The van der Waals surface area contributed by atoms with Gasteiger partial charge in [0.2, 0.25) is 0 Å². The maximum atomic E-state index is 10.3. The third-order valence-corrected chi connectivity index (χ3v) is 4.37. The van der Waals surface area contributed by atoms with E-state index >= 15 is 0 Å². The first-order valence-electron chi connectivity index (χ1n) is 6.58. The van der Waals surface area contributed by atoms with Gasteiger partial charge in [0.05, 0.1) is 0 Å². The number of rotatable bonds is 3. The molecular weight excluding hydrogens is 363 g/mol. The Balaban J connectivity index is 0.00000180. The number of nitrogens with one attached hydrogen (secondary N) is 1. The fraction of sp³-hybridized carbons (Fsp3) is 0.571. The molecule has 2 rings (SSSR count). The van der Waals surface area contributed by atoms with Gasteiger partial charge in [-0.2, -0.15) is 0 Å². The number of hydrogen-bond acceptors (Lipinski definition) is 3. The van der Waals surface area contributed by atoms with Crippen molar-refractivity contribution in [2.45, 2.75) is 26.3 Å². The second kappa shape index (κ2) is 9.11. The highest BCUT2D eigenvalue weighted by Crippen LogP contribution is 2.38. The summed E-state index contributed by atoms with van der Waals surface area (Å²) in [4.78, 5) is 2.45. The summed E-state index contributed by atoms with van der Waals surface area (Å²) >= 11 is 3.59. The highest BCUT2D eigenvalue weighted by molar-refractivity contribution is 9.10. The van der Waals surface area contributed by atoms with Gasteiger partial charge in [0.25, 0.3) is 0 Å². The summed E-state index contributed by atoms with van der Waals surface area (Å²) in [5, 5.41) is 13.7. The Morgan fingerprint density at radius 1 is 1.30 bits per heavy atom. The maximum absolute atomic E-state index is 10.3. The highest BCUT2D eigenvalue weighted by atomic mass is 79.9. The zero-order valence-corrected chi connectivity index (χ0v) is 15.1. The zero-order chi connectivity index (χ0) is 13.1. The van der Waals surface area contributed by atoms with Crippen LogP contribution < -0.4 is 5.32 Å². The molecule has 6 heteroatoms. The van der Waals surface area contributed by atoms with Crippen LogP contribution >= 0.6 is 40.7 Å². The van der Waals surface area contributed by atoms with Crippen molar-refractivity contribution in [2.24, 2.45) is 0 Å². The van der Waals surface area contributed by atoms with E-state index < -0.39 is 0 Å². The summed E-state index contributed by atoms with van der Waals surface area (Å²) in [6.45, 7) is 8.27. The van der Waals surface area contributed by atoms with Crippen LogP contribution in [0.3, 0.4) is 0 Å². The number of hydrogen-bond donors (Lipinski definition) is 2. The van der Waals surface area contributed by atoms with Gasteiger partial charge in [0.15, 0.2) is 0 Å². The van der Waals surface area contributed by atoms with Gasteiger partial charge in [-0.25, -0.2) is 0 Å². The Morgan fingerprint density at radius 2 is 1.90 bits per heavy atom. The number of nitrogens with zero attached hydrogens (tertiary/aromatic N) is 1. The molecule has 1 aromatic carbocycles. The van der Waals surface area contributed by atoms with Crippen molar-refractivity contribution < 1.29 is 5.11 Å². The van der Waals surface area contributed by atoms with Crippen LogP contribution in [0, 0.1) is 6.92 Å². The summed E-state index contributed by atoms with van der Waals surface area (Å²) in [5.74, 6) is 0.440. The molecular formula is C14H23BrCl2N2O. The monoisotopic (exact) mass is 384 g/mol. The summed E-state index contributed by atoms with van der Waals surface area (Å²) in [6, 6.07) is 4.28. The average Bonchev–Trinajstić information content (AvgIpc) is 2.40. The van der Waals surface area contributed by atoms with E-state index in [1.165, 1.54) is 0 Å². The molecule has 116 valence electrons. The van der Waals surface area contributed by atoms with E-state index in [4.69, 9.17) is 0 Å². The van der Waals surface area contributed by atoms with Crippen molar-refractivity contribution >= 4 is 40.7 Å². The smallest absolute Gasteiger partial charge is 0.124 e. The van der Waals surface area contributed by atoms with E-state index in [-0.39, 0.29) is 24.8 Å². The average molecular weight is 386 g/mol. The highest BCUT2D eigenvalue weighted by Gasteiger charge is 2.25. The number of aryl methyl sites for hydroxylation is 1. The molecule has 1 aromatic rings. The fourth-order valence-electron chi connectivity index (χ4n) is 2.65. The molecule has 20 heavy (non-hydrogen) atoms. The van der Waals surface area contributed by atoms with Crippen molar-refractivity contribution in [3.05, 3.63) is 27.7 Å². The normalized spacial score (nSPS) is 16.9. The molecule has 1 atom stereocenters. The molecule has 1 fully saturated rings. The lowest BCUT2D eigenvalue weighted by atomic mass is 9.98. The minimum atomic E-state index is 0. The lowest BCUT2D eigenvalue weighted by molar-refractivity contribution is 0.166. The van der Waals surface area contributed by atoms with Crippen molar-refractivity contribution in [3.63, 3.8) is 0 Å². The number of halogens is 3. The third-order valence-electron chi connectivity index (χ3n) is 3.68. The lowest BCUT2D eigenvalue weighted by Crippen LogP contribution is -2.45. The van der Waals surface area contributed by atoms with Gasteiger partial charge in [0, 0.05) is 42.3 Å². The summed E-state index contributed by atoms with van der Waals surface area (Å²) < 4.78 is 1.01. The summed E-state index contributed by atoms with van der Waals surface area (Å²) in [6.07, 6.45) is 1.01. The van der Waals surface area contributed by atoms with E-state index in [1.54, 1.807) is 0 Å². The maximum Gasteiger partial charge on any atom is 0.124 e. The van der Waals surface area contributed by atoms with Gasteiger partial charge in [-0.3, -0.25) is 4.90 Å². The molecule has 0 spiro atoms. The molecule has 0 radical (unpaired) electrons. The minimum absolute atomic E-state index is 0. The van der Waals surface area contributed by atoms with Crippen LogP contribution in [0.2, 0.25) is 0 Å². The van der Waals surface area contributed by atoms with E-state index in [1.807, 2.05) is 19.1 Å². The van der Waals surface area contributed by atoms with Gasteiger partial charge >= 0.3 is 0 Å². The van der Waals surface area contributed by atoms with Gasteiger partial charge in [0.1, 0.15) is 5.75 Å². The van der Waals surface area contributed by atoms with E-state index in [2.05, 4.69) is 33.1 Å². The van der Waals surface area contributed by atoms with E-state index in [9.17, 15) is 5.11 Å². The molecule has 0 bridgehead atoms. The molecule has 1 heterocycles. The Morgan fingerprint density at radius 3 is 2.45 bits per heavy atom. The van der Waals surface area contributed by atoms with Crippen LogP contribution in [-0.4, -0.2) is 36.2 Å². The van der Waals surface area contributed by atoms with Gasteiger partial charge < -0.3 is 10.4 Å². The molecule has 1 saturated heterocycles. The molecule has 1 aliphatic heterocycles. The molecule has 1 aliphatic rings. The number of piperazine rings is 1. The van der Waals surface area contributed by atoms with Crippen molar-refractivity contribution in [2.75, 3.05) is 26.2 Å². The zero-order valence-electron chi connectivity index (χ0n) is 11.9. The molecule has 0 unspecified atom stereocenters. The molecule has 0 amide bonds. The van der Waals surface area contributed by atoms with Crippen molar-refractivity contribution in [1.29, 1.82) is 0 Å². The van der Waals surface area contributed by atoms with E-state index in [0.717, 1.165) is 48.2 Å². The van der Waals surface area contributed by atoms with E-state index in [0.29, 0.717) is 11.8 Å². The molecule has 0 aromatic heterocycles. The topological polar surface area (TPSA) is 35.5 Å². The Labute approximate surface area is 142 Å². The van der Waals surface area contributed by atoms with Crippen LogP contribution in [0.5, 0.6) is 5.75 Å². The van der Waals surface area contributed by atoms with Crippen LogP contribution in [-0.2, 0) is 0 Å². The molecule has 2 N–H and O–H groups in total. The molecule has 0 saturated carbocycles. The first-order chi connectivity index (χ1) is 8.65. The van der Waals surface area contributed by atoms with Crippen LogP contribution in [0.15, 0.2) is 16.6 Å². The van der Waals surface area contributed by atoms with Crippen LogP contribution in [0.25, 0.3) is 0 Å². The number of benzene rings is 1. The second-order valence-electron chi connectivity index (χ2n) is 4.84. The third kappa shape index (κ3) is 4.25. The van der Waals surface area contributed by atoms with Gasteiger partial charge in [-0.1, -0.05) is 28.9 Å². The molecule has 3 nitrogen and oxygen atoms in total. The predicted octanol–water partition coefficient (Wildman–Crippen LogP) is 3.66. The Kier molecular flexibility index (Phi) is 9.11. The summed E-state index contributed by atoms with van der Waals surface area (Å²) in [7, 11) is 0. The fourth-order valence-corrected chi connectivity index (χ4v) is 3.23. The standard InChI is InChI=1S/C14H21BrN2O.2ClH/c1-3-12(17-8-6-16-7-9-17)13-11(15)5-4-10(2)14(13)18;;/h4-5,12,16,18H,3,6-9H2,1-2H3;2*1H/t12-;;/m0../s1. The largest absolute Gasteiger partial charge is 0.507 e. The first-order valence-corrected chi connectivity index (χ1v) is 7.37. The number of phenols is 1. The minimum Gasteiger partial charge on any atom is -0.507 e. The van der Waals surface area contributed by atoms with Gasteiger partial charge in [-0.15, -0.1) is 24.8 Å². The van der Waals surface area contributed by atoms with Crippen molar-refractivity contribution in [3.8, 4) is 5.75 Å². The van der Waals surface area contributed by atoms with Crippen LogP contribution in [0.1, 0.15) is 30.5 Å². The van der Waals surface area contributed by atoms with Gasteiger partial charge in [-0.05, 0) is 25.0 Å². The first kappa shape index (κ1) is 20.0. The number of aromatic hydroxyl groups is 1. The lowest BCUT2D eigenvalue weighted by Gasteiger charge is -2.35. The van der Waals surface area contributed by atoms with Crippen LogP contribution in [0.4, 0.5) is 0 Å².